The Morgan fingerprint density at radius 2 is 1.88 bits per heavy atom. The Morgan fingerprint density at radius 3 is 2.62 bits per heavy atom. The maximum absolute atomic E-state index is 5.56. The number of hydrogen-bond donors (Lipinski definition) is 0. The van der Waals surface area contributed by atoms with E-state index in [9.17, 15) is 0 Å². The van der Waals surface area contributed by atoms with Crippen molar-refractivity contribution in [1.29, 1.82) is 0 Å². The molecule has 0 bridgehead atoms. The molecule has 0 N–H and O–H groups in total. The molecule has 3 aliphatic carbocycles. The van der Waals surface area contributed by atoms with Gasteiger partial charge < -0.3 is 0 Å². The van der Waals surface area contributed by atoms with E-state index in [1.54, 1.807) is 16.7 Å². The summed E-state index contributed by atoms with van der Waals surface area (Å²) in [4.78, 5) is 5.56. The fraction of sp³-hybridized carbons (Fsp3) is 0.606. The minimum absolute atomic E-state index is 0.315. The first-order valence-electron chi connectivity index (χ1n) is 14.0. The van der Waals surface area contributed by atoms with E-state index in [1.807, 2.05) is 0 Å². The van der Waals surface area contributed by atoms with Gasteiger partial charge in [0.05, 0.1) is 6.04 Å². The van der Waals surface area contributed by atoms with Crippen LogP contribution in [0.3, 0.4) is 0 Å². The average Bonchev–Trinajstić information content (AvgIpc) is 3.53. The zero-order valence-corrected chi connectivity index (χ0v) is 22.5. The highest BCUT2D eigenvalue weighted by atomic mass is 14.9. The molecule has 0 saturated heterocycles. The van der Waals surface area contributed by atoms with Crippen LogP contribution in [0.5, 0.6) is 0 Å². The van der Waals surface area contributed by atoms with Crippen molar-refractivity contribution in [3.8, 4) is 0 Å². The van der Waals surface area contributed by atoms with Crippen molar-refractivity contribution in [2.24, 2.45) is 22.7 Å². The highest BCUT2D eigenvalue weighted by molar-refractivity contribution is 6.05. The molecule has 34 heavy (non-hydrogen) atoms. The number of aryl methyl sites for hydroxylation is 2. The van der Waals surface area contributed by atoms with Gasteiger partial charge in [0.15, 0.2) is 0 Å². The zero-order valence-electron chi connectivity index (χ0n) is 22.5. The Kier molecular flexibility index (Phi) is 6.51. The van der Waals surface area contributed by atoms with Gasteiger partial charge in [0, 0.05) is 11.3 Å². The van der Waals surface area contributed by atoms with Gasteiger partial charge in [0.1, 0.15) is 0 Å². The fourth-order valence-corrected chi connectivity index (χ4v) is 7.82. The lowest BCUT2D eigenvalue weighted by Crippen LogP contribution is -2.45. The van der Waals surface area contributed by atoms with Gasteiger partial charge in [0.2, 0.25) is 0 Å². The molecule has 1 heteroatoms. The molecule has 182 valence electrons. The minimum Gasteiger partial charge on any atom is -0.285 e. The quantitative estimate of drug-likeness (QED) is 0.413. The molecule has 5 atom stereocenters. The van der Waals surface area contributed by atoms with Crippen molar-refractivity contribution < 1.29 is 0 Å². The molecule has 2 aromatic carbocycles. The van der Waals surface area contributed by atoms with Crippen LogP contribution in [0.2, 0.25) is 0 Å². The number of aliphatic imine (C=N–C) groups is 1. The number of rotatable bonds is 6. The summed E-state index contributed by atoms with van der Waals surface area (Å²) in [5.74, 6) is 2.90. The lowest BCUT2D eigenvalue weighted by Gasteiger charge is -2.50. The molecular weight excluding hydrogens is 410 g/mol. The molecular formula is C33H45N. The normalized spacial score (nSPS) is 31.4. The Hall–Kier alpha value is -1.89. The molecule has 0 heterocycles. The van der Waals surface area contributed by atoms with E-state index in [2.05, 4.69) is 77.9 Å². The molecule has 2 aromatic rings. The topological polar surface area (TPSA) is 12.4 Å². The molecule has 0 aromatic heterocycles. The van der Waals surface area contributed by atoms with Gasteiger partial charge in [-0.2, -0.15) is 0 Å². The molecule has 5 unspecified atom stereocenters. The molecule has 2 fully saturated rings. The predicted molar refractivity (Wildman–Crippen MR) is 146 cm³/mol. The summed E-state index contributed by atoms with van der Waals surface area (Å²) in [6.07, 6.45) is 10.4. The SMILES string of the molecule is Cc1cc2c(c(C)c1C(C)C)C(=NC1CC1CCCc1ccccc1)CC1C(C)CCCC21C. The first-order valence-corrected chi connectivity index (χ1v) is 14.0. The van der Waals surface area contributed by atoms with Crippen molar-refractivity contribution in [1.82, 2.24) is 0 Å². The van der Waals surface area contributed by atoms with Gasteiger partial charge in [-0.3, -0.25) is 4.99 Å². The second-order valence-corrected chi connectivity index (χ2v) is 12.4. The Balaban J connectivity index is 1.43. The van der Waals surface area contributed by atoms with Crippen LogP contribution in [-0.2, 0) is 11.8 Å². The lowest BCUT2D eigenvalue weighted by atomic mass is 9.54. The van der Waals surface area contributed by atoms with Crippen LogP contribution in [0, 0.1) is 31.6 Å². The van der Waals surface area contributed by atoms with Crippen LogP contribution in [0.25, 0.3) is 0 Å². The fourth-order valence-electron chi connectivity index (χ4n) is 7.82. The predicted octanol–water partition coefficient (Wildman–Crippen LogP) is 8.72. The van der Waals surface area contributed by atoms with Crippen molar-refractivity contribution in [3.05, 3.63) is 69.8 Å². The summed E-state index contributed by atoms with van der Waals surface area (Å²) < 4.78 is 0. The molecule has 2 saturated carbocycles. The van der Waals surface area contributed by atoms with Crippen molar-refractivity contribution in [2.75, 3.05) is 0 Å². The van der Waals surface area contributed by atoms with Gasteiger partial charge in [-0.25, -0.2) is 0 Å². The third-order valence-electron chi connectivity index (χ3n) is 9.68. The smallest absolute Gasteiger partial charge is 0.0535 e. The van der Waals surface area contributed by atoms with Gasteiger partial charge in [0.25, 0.3) is 0 Å². The van der Waals surface area contributed by atoms with Crippen molar-refractivity contribution >= 4 is 5.71 Å². The third kappa shape index (κ3) is 4.29. The Bertz CT molecular complexity index is 1060. The summed E-state index contributed by atoms with van der Waals surface area (Å²) in [6.45, 7) is 14.6. The standard InChI is InChI=1S/C33H45N/c1-21(2)31-23(4)18-28-32(24(31)5)30(20-27-22(3)12-11-17-33(27,28)6)34-29-19-26(29)16-10-15-25-13-8-7-9-14-25/h7-9,13-14,18,21-22,26-27,29H,10-12,15-17,19-20H2,1-6H3. The lowest BCUT2D eigenvalue weighted by molar-refractivity contribution is 0.139. The Morgan fingerprint density at radius 1 is 1.12 bits per heavy atom. The maximum atomic E-state index is 5.56. The van der Waals surface area contributed by atoms with Crippen LogP contribution in [0.4, 0.5) is 0 Å². The van der Waals surface area contributed by atoms with Gasteiger partial charge >= 0.3 is 0 Å². The van der Waals surface area contributed by atoms with Crippen molar-refractivity contribution in [3.63, 3.8) is 0 Å². The highest BCUT2D eigenvalue weighted by Crippen LogP contribution is 2.54. The van der Waals surface area contributed by atoms with E-state index >= 15 is 0 Å². The van der Waals surface area contributed by atoms with Gasteiger partial charge in [-0.05, 0) is 109 Å². The van der Waals surface area contributed by atoms with Crippen LogP contribution in [0.15, 0.2) is 41.4 Å². The van der Waals surface area contributed by atoms with E-state index in [-0.39, 0.29) is 0 Å². The van der Waals surface area contributed by atoms with Gasteiger partial charge in [-0.1, -0.05) is 76.9 Å². The zero-order chi connectivity index (χ0) is 24.0. The number of fused-ring (bicyclic) bond motifs is 3. The van der Waals surface area contributed by atoms with E-state index in [0.717, 1.165) is 17.8 Å². The van der Waals surface area contributed by atoms with Crippen LogP contribution in [0.1, 0.15) is 112 Å². The second-order valence-electron chi connectivity index (χ2n) is 12.4. The first kappa shape index (κ1) is 23.8. The Labute approximate surface area is 208 Å². The summed E-state index contributed by atoms with van der Waals surface area (Å²) in [5.41, 5.74) is 11.0. The molecule has 0 spiro atoms. The monoisotopic (exact) mass is 455 g/mol. The van der Waals surface area contributed by atoms with E-state index in [0.29, 0.717) is 17.4 Å². The summed E-state index contributed by atoms with van der Waals surface area (Å²) in [5, 5.41) is 0. The van der Waals surface area contributed by atoms with Crippen LogP contribution in [-0.4, -0.2) is 11.8 Å². The molecule has 5 rings (SSSR count). The minimum atomic E-state index is 0.315. The highest BCUT2D eigenvalue weighted by Gasteiger charge is 2.48. The van der Waals surface area contributed by atoms with Crippen LogP contribution >= 0.6 is 0 Å². The molecule has 3 aliphatic rings. The maximum Gasteiger partial charge on any atom is 0.0535 e. The number of benzene rings is 2. The van der Waals surface area contributed by atoms with Crippen LogP contribution < -0.4 is 0 Å². The second kappa shape index (κ2) is 9.29. The molecule has 0 amide bonds. The molecule has 0 aliphatic heterocycles. The summed E-state index contributed by atoms with van der Waals surface area (Å²) in [6, 6.07) is 14.1. The summed E-state index contributed by atoms with van der Waals surface area (Å²) in [7, 11) is 0. The third-order valence-corrected chi connectivity index (χ3v) is 9.68. The largest absolute Gasteiger partial charge is 0.285 e. The molecule has 0 radical (unpaired) electrons. The number of nitrogens with zero attached hydrogens (tertiary/aromatic N) is 1. The average molecular weight is 456 g/mol. The summed E-state index contributed by atoms with van der Waals surface area (Å²) >= 11 is 0. The van der Waals surface area contributed by atoms with E-state index in [4.69, 9.17) is 4.99 Å². The van der Waals surface area contributed by atoms with E-state index < -0.39 is 0 Å². The first-order chi connectivity index (χ1) is 16.3. The van der Waals surface area contributed by atoms with E-state index in [1.165, 1.54) is 73.8 Å². The molecule has 1 nitrogen and oxygen atoms in total. The van der Waals surface area contributed by atoms with Gasteiger partial charge in [-0.15, -0.1) is 0 Å². The van der Waals surface area contributed by atoms with Crippen molar-refractivity contribution in [2.45, 2.75) is 110 Å². The number of hydrogen-bond acceptors (Lipinski definition) is 1.